The van der Waals surface area contributed by atoms with Gasteiger partial charge in [-0.2, -0.15) is 0 Å². The summed E-state index contributed by atoms with van der Waals surface area (Å²) in [5, 5.41) is 18.7. The summed E-state index contributed by atoms with van der Waals surface area (Å²) in [7, 11) is 0. The van der Waals surface area contributed by atoms with E-state index in [0.29, 0.717) is 63.0 Å². The van der Waals surface area contributed by atoms with Crippen LogP contribution in [0.25, 0.3) is 0 Å². The van der Waals surface area contributed by atoms with Gasteiger partial charge in [0.15, 0.2) is 6.61 Å². The van der Waals surface area contributed by atoms with E-state index in [1.807, 2.05) is 0 Å². The van der Waals surface area contributed by atoms with Crippen LogP contribution in [0.1, 0.15) is 107 Å². The molecular formula is C36H55N3O5. The van der Waals surface area contributed by atoms with E-state index in [9.17, 15) is 9.90 Å². The molecule has 6 atom stereocenters. The first-order valence-electron chi connectivity index (χ1n) is 17.5. The van der Waals surface area contributed by atoms with E-state index in [4.69, 9.17) is 20.0 Å². The van der Waals surface area contributed by atoms with E-state index in [2.05, 4.69) is 36.5 Å². The van der Waals surface area contributed by atoms with Crippen molar-refractivity contribution in [2.75, 3.05) is 46.1 Å². The van der Waals surface area contributed by atoms with Gasteiger partial charge in [-0.1, -0.05) is 44.3 Å². The number of nitrogens with two attached hydrogens (primary N) is 1. The zero-order valence-electron chi connectivity index (χ0n) is 27.1. The van der Waals surface area contributed by atoms with Crippen LogP contribution in [0.2, 0.25) is 0 Å². The zero-order valence-corrected chi connectivity index (χ0v) is 27.1. The van der Waals surface area contributed by atoms with Gasteiger partial charge >= 0.3 is 0 Å². The fourth-order valence-electron chi connectivity index (χ4n) is 10.3. The van der Waals surface area contributed by atoms with Gasteiger partial charge in [-0.15, -0.1) is 0 Å². The van der Waals surface area contributed by atoms with Gasteiger partial charge in [-0.25, -0.2) is 0 Å². The predicted octanol–water partition coefficient (Wildman–Crippen LogP) is 5.59. The van der Waals surface area contributed by atoms with Crippen molar-refractivity contribution < 1.29 is 24.2 Å². The van der Waals surface area contributed by atoms with Gasteiger partial charge in [-0.05, 0) is 110 Å². The molecule has 5 unspecified atom stereocenters. The smallest absolute Gasteiger partial charge is 0.260 e. The van der Waals surface area contributed by atoms with E-state index >= 15 is 0 Å². The minimum Gasteiger partial charge on any atom is -0.508 e. The summed E-state index contributed by atoms with van der Waals surface area (Å²) < 4.78 is 10.7. The largest absolute Gasteiger partial charge is 0.508 e. The molecule has 44 heavy (non-hydrogen) atoms. The van der Waals surface area contributed by atoms with Crippen LogP contribution < -0.4 is 11.1 Å². The summed E-state index contributed by atoms with van der Waals surface area (Å²) in [5.41, 5.74) is 10.8. The number of rotatable bonds is 12. The van der Waals surface area contributed by atoms with Gasteiger partial charge in [0.05, 0.1) is 32.1 Å². The second-order valence-corrected chi connectivity index (χ2v) is 15.0. The second kappa shape index (κ2) is 13.7. The number of hydrogen-bond donors (Lipinski definition) is 3. The fraction of sp³-hybridized carbons (Fsp3) is 0.778. The highest BCUT2D eigenvalue weighted by Gasteiger charge is 2.54. The minimum absolute atomic E-state index is 0.0293. The number of nitrogens with one attached hydrogen (secondary N) is 1. The van der Waals surface area contributed by atoms with Gasteiger partial charge in [0, 0.05) is 24.1 Å². The molecule has 6 rings (SSSR count). The summed E-state index contributed by atoms with van der Waals surface area (Å²) in [6.07, 6.45) is 14.5. The van der Waals surface area contributed by atoms with Gasteiger partial charge in [0.25, 0.3) is 5.91 Å². The van der Waals surface area contributed by atoms with Crippen LogP contribution in [-0.4, -0.2) is 62.8 Å². The maximum Gasteiger partial charge on any atom is 0.260 e. The number of hydrogen-bond acceptors (Lipinski definition) is 7. The number of phenolic OH excluding ortho intramolecular Hbond substituents is 1. The number of aryl methyl sites for hydroxylation is 1. The van der Waals surface area contributed by atoms with Gasteiger partial charge < -0.3 is 30.5 Å². The molecular weight excluding hydrogens is 554 g/mol. The number of carbonyl (C=O) groups is 1. The first-order valence-corrected chi connectivity index (χ1v) is 17.5. The molecule has 0 radical (unpaired) electrons. The quantitative estimate of drug-likeness (QED) is 0.210. The Morgan fingerprint density at radius 1 is 1.02 bits per heavy atom. The van der Waals surface area contributed by atoms with Crippen LogP contribution in [0, 0.1) is 29.1 Å². The standard InChI is InChI=1S/C36H55N3O5/c1-35(21-24-4-3-5-25(18-24)22-35)31-20-29-26(19-32(31)40)6-7-28-27(29)10-11-36(2)30(28)8-9-33(36)39-44-23-34(41)38-13-15-43-17-16-42-14-12-37/h19-20,24-25,27-28,30,40H,3-18,21-23,37H2,1-2H3,(H,38,41)/b39-33+/t24?,25?,27?,28?,30?,35?,36-/m0/s1. The number of amides is 1. The van der Waals surface area contributed by atoms with Crippen LogP contribution >= 0.6 is 0 Å². The number of phenols is 1. The number of benzene rings is 1. The van der Waals surface area contributed by atoms with Crippen molar-refractivity contribution in [3.8, 4) is 5.75 Å². The summed E-state index contributed by atoms with van der Waals surface area (Å²) in [6, 6.07) is 4.62. The lowest BCUT2D eigenvalue weighted by Crippen LogP contribution is -2.43. The number of fused-ring (bicyclic) bond motifs is 7. The molecule has 1 aromatic rings. The maximum absolute atomic E-state index is 12.3. The van der Waals surface area contributed by atoms with Gasteiger partial charge in [0.1, 0.15) is 5.75 Å². The average molecular weight is 610 g/mol. The molecule has 8 heteroatoms. The van der Waals surface area contributed by atoms with Crippen LogP contribution in [0.15, 0.2) is 17.3 Å². The van der Waals surface area contributed by atoms with E-state index < -0.39 is 0 Å². The molecule has 0 aromatic heterocycles. The molecule has 1 aromatic carbocycles. The van der Waals surface area contributed by atoms with Crippen LogP contribution in [0.5, 0.6) is 5.75 Å². The van der Waals surface area contributed by atoms with Crippen molar-refractivity contribution in [2.45, 2.75) is 102 Å². The zero-order chi connectivity index (χ0) is 30.7. The number of oxime groups is 1. The second-order valence-electron chi connectivity index (χ2n) is 15.0. The molecule has 0 heterocycles. The Balaban J connectivity index is 1.05. The lowest BCUT2D eigenvalue weighted by Gasteiger charge is -2.50. The predicted molar refractivity (Wildman–Crippen MR) is 172 cm³/mol. The molecule has 5 aliphatic rings. The lowest BCUT2D eigenvalue weighted by molar-refractivity contribution is -0.125. The number of aromatic hydroxyl groups is 1. The molecule has 244 valence electrons. The van der Waals surface area contributed by atoms with Crippen molar-refractivity contribution in [1.29, 1.82) is 0 Å². The van der Waals surface area contributed by atoms with Crippen molar-refractivity contribution in [3.63, 3.8) is 0 Å². The molecule has 2 bridgehead atoms. The summed E-state index contributed by atoms with van der Waals surface area (Å²) in [5.74, 6) is 3.78. The third-order valence-corrected chi connectivity index (χ3v) is 12.2. The van der Waals surface area contributed by atoms with Crippen LogP contribution in [-0.2, 0) is 30.9 Å². The van der Waals surface area contributed by atoms with Crippen molar-refractivity contribution >= 4 is 11.6 Å². The summed E-state index contributed by atoms with van der Waals surface area (Å²) >= 11 is 0. The first-order chi connectivity index (χ1) is 21.3. The number of nitrogens with zero attached hydrogens (tertiary/aromatic N) is 1. The molecule has 8 nitrogen and oxygen atoms in total. The summed E-state index contributed by atoms with van der Waals surface area (Å²) in [4.78, 5) is 17.9. The Labute approximate surface area is 263 Å². The molecule has 0 aliphatic heterocycles. The molecule has 4 fully saturated rings. The van der Waals surface area contributed by atoms with Crippen molar-refractivity contribution in [1.82, 2.24) is 5.32 Å². The Bertz CT molecular complexity index is 1190. The van der Waals surface area contributed by atoms with Crippen molar-refractivity contribution in [2.24, 2.45) is 40.0 Å². The highest BCUT2D eigenvalue weighted by atomic mass is 16.6. The van der Waals surface area contributed by atoms with E-state index in [1.165, 1.54) is 61.6 Å². The number of carbonyl (C=O) groups excluding carboxylic acids is 1. The van der Waals surface area contributed by atoms with Gasteiger partial charge in [0.2, 0.25) is 0 Å². The number of ether oxygens (including phenoxy) is 2. The van der Waals surface area contributed by atoms with E-state index in [0.717, 1.165) is 49.7 Å². The fourth-order valence-corrected chi connectivity index (χ4v) is 10.3. The monoisotopic (exact) mass is 609 g/mol. The minimum atomic E-state index is -0.182. The van der Waals surface area contributed by atoms with Crippen LogP contribution in [0.3, 0.4) is 0 Å². The molecule has 4 N–H and O–H groups in total. The topological polar surface area (TPSA) is 115 Å². The highest BCUT2D eigenvalue weighted by molar-refractivity contribution is 5.92. The molecule has 5 aliphatic carbocycles. The first kappa shape index (κ1) is 31.8. The summed E-state index contributed by atoms with van der Waals surface area (Å²) in [6.45, 7) is 7.63. The van der Waals surface area contributed by atoms with E-state index in [1.54, 1.807) is 0 Å². The Morgan fingerprint density at radius 3 is 2.57 bits per heavy atom. The average Bonchev–Trinajstić information content (AvgIpc) is 3.33. The normalized spacial score (nSPS) is 35.1. The molecule has 0 saturated heterocycles. The molecule has 1 amide bonds. The van der Waals surface area contributed by atoms with Crippen molar-refractivity contribution in [3.05, 3.63) is 28.8 Å². The molecule has 4 saturated carbocycles. The Morgan fingerprint density at radius 2 is 1.80 bits per heavy atom. The van der Waals surface area contributed by atoms with Gasteiger partial charge in [-0.3, -0.25) is 4.79 Å². The van der Waals surface area contributed by atoms with Crippen LogP contribution in [0.4, 0.5) is 0 Å². The lowest BCUT2D eigenvalue weighted by atomic mass is 9.54. The SMILES string of the molecule is CC1(c2cc3c(cc2O)CCC2C3CC[C@]3(C)/C(=N/OCC(=O)NCCOCCOCCN)CCC23)CC2CCCC(C2)C1. The molecule has 0 spiro atoms. The third kappa shape index (κ3) is 6.54. The Hall–Kier alpha value is -2.16. The van der Waals surface area contributed by atoms with E-state index in [-0.39, 0.29) is 23.3 Å². The maximum atomic E-state index is 12.3. The third-order valence-electron chi connectivity index (χ3n) is 12.2. The highest BCUT2D eigenvalue weighted by Crippen LogP contribution is 2.61. The Kier molecular flexibility index (Phi) is 9.89.